The Morgan fingerprint density at radius 3 is 2.84 bits per heavy atom. The number of carbonyl (C=O) groups is 1. The van der Waals surface area contributed by atoms with Gasteiger partial charge in [-0.05, 0) is 49.4 Å². The molecule has 2 heterocycles. The Labute approximate surface area is 177 Å². The van der Waals surface area contributed by atoms with E-state index in [9.17, 15) is 9.59 Å². The van der Waals surface area contributed by atoms with Gasteiger partial charge in [0.05, 0.1) is 23.6 Å². The largest absolute Gasteiger partial charge is 0.489 e. The lowest BCUT2D eigenvalue weighted by molar-refractivity contribution is 0.0993. The van der Waals surface area contributed by atoms with E-state index in [1.54, 1.807) is 60.8 Å². The lowest BCUT2D eigenvalue weighted by Crippen LogP contribution is -2.17. The van der Waals surface area contributed by atoms with Crippen LogP contribution >= 0.6 is 0 Å². The molecular formula is C23H18N4O4. The summed E-state index contributed by atoms with van der Waals surface area (Å²) in [5.41, 5.74) is 2.68. The average molecular weight is 414 g/mol. The van der Waals surface area contributed by atoms with E-state index in [0.717, 1.165) is 5.69 Å². The van der Waals surface area contributed by atoms with Gasteiger partial charge in [0.15, 0.2) is 5.76 Å². The van der Waals surface area contributed by atoms with Crippen molar-refractivity contribution < 1.29 is 13.9 Å². The molecule has 4 rings (SSSR count). The summed E-state index contributed by atoms with van der Waals surface area (Å²) < 4.78 is 12.6. The lowest BCUT2D eigenvalue weighted by atomic mass is 10.2. The fourth-order valence-corrected chi connectivity index (χ4v) is 3.15. The Morgan fingerprint density at radius 1 is 1.23 bits per heavy atom. The van der Waals surface area contributed by atoms with Gasteiger partial charge in [0.1, 0.15) is 12.4 Å². The van der Waals surface area contributed by atoms with Gasteiger partial charge in [-0.1, -0.05) is 12.1 Å². The minimum atomic E-state index is -0.440. The van der Waals surface area contributed by atoms with Crippen LogP contribution in [0, 0.1) is 18.3 Å². The summed E-state index contributed by atoms with van der Waals surface area (Å²) in [6.07, 6.45) is 3.04. The molecule has 1 amide bonds. The molecule has 0 spiro atoms. The predicted octanol–water partition coefficient (Wildman–Crippen LogP) is 3.77. The number of ether oxygens (including phenoxy) is 1. The lowest BCUT2D eigenvalue weighted by Gasteiger charge is -2.09. The molecule has 8 heteroatoms. The number of nitrogens with one attached hydrogen (secondary N) is 2. The molecule has 4 aromatic rings. The van der Waals surface area contributed by atoms with Crippen LogP contribution in [-0.2, 0) is 6.61 Å². The third-order valence-corrected chi connectivity index (χ3v) is 4.63. The van der Waals surface area contributed by atoms with E-state index in [1.807, 2.05) is 6.92 Å². The minimum absolute atomic E-state index is 0.103. The van der Waals surface area contributed by atoms with E-state index in [4.69, 9.17) is 14.4 Å². The number of hydrogen-bond donors (Lipinski definition) is 2. The van der Waals surface area contributed by atoms with E-state index in [-0.39, 0.29) is 18.1 Å². The van der Waals surface area contributed by atoms with Crippen LogP contribution in [0.2, 0.25) is 0 Å². The highest BCUT2D eigenvalue weighted by atomic mass is 16.5. The summed E-state index contributed by atoms with van der Waals surface area (Å²) in [5.74, 6) is 0.202. The number of furan rings is 1. The fourth-order valence-electron chi connectivity index (χ4n) is 3.15. The highest BCUT2D eigenvalue weighted by molar-refractivity contribution is 6.03. The van der Waals surface area contributed by atoms with Crippen molar-refractivity contribution in [2.75, 3.05) is 5.32 Å². The van der Waals surface area contributed by atoms with Crippen molar-refractivity contribution >= 4 is 11.6 Å². The van der Waals surface area contributed by atoms with Crippen LogP contribution < -0.4 is 15.7 Å². The molecule has 0 radical (unpaired) electrons. The van der Waals surface area contributed by atoms with Crippen LogP contribution in [0.1, 0.15) is 27.4 Å². The predicted molar refractivity (Wildman–Crippen MR) is 113 cm³/mol. The van der Waals surface area contributed by atoms with Crippen LogP contribution in [0.25, 0.3) is 5.69 Å². The molecule has 0 fully saturated rings. The van der Waals surface area contributed by atoms with Gasteiger partial charge in [0.2, 0.25) is 0 Å². The summed E-state index contributed by atoms with van der Waals surface area (Å²) in [4.78, 5) is 27.4. The van der Waals surface area contributed by atoms with Crippen LogP contribution in [0.15, 0.2) is 76.3 Å². The molecule has 0 bridgehead atoms. The number of benzene rings is 2. The Bertz CT molecular complexity index is 1340. The number of nitriles is 1. The molecule has 0 aliphatic heterocycles. The summed E-state index contributed by atoms with van der Waals surface area (Å²) in [6, 6.07) is 17.4. The van der Waals surface area contributed by atoms with Crippen LogP contribution in [-0.4, -0.2) is 15.5 Å². The molecule has 0 saturated carbocycles. The molecule has 0 atom stereocenters. The molecule has 0 aliphatic rings. The van der Waals surface area contributed by atoms with Gasteiger partial charge >= 0.3 is 5.69 Å². The highest BCUT2D eigenvalue weighted by Crippen LogP contribution is 2.20. The monoisotopic (exact) mass is 414 g/mol. The maximum atomic E-state index is 12.8. The molecule has 154 valence electrons. The first-order valence-electron chi connectivity index (χ1n) is 9.43. The Balaban J connectivity index is 1.49. The molecular weight excluding hydrogens is 396 g/mol. The average Bonchev–Trinajstić information content (AvgIpc) is 3.38. The van der Waals surface area contributed by atoms with Crippen molar-refractivity contribution in [2.24, 2.45) is 0 Å². The van der Waals surface area contributed by atoms with Crippen molar-refractivity contribution in [3.8, 4) is 17.5 Å². The summed E-state index contributed by atoms with van der Waals surface area (Å²) in [5, 5.41) is 11.8. The van der Waals surface area contributed by atoms with Crippen molar-refractivity contribution in [1.29, 1.82) is 5.26 Å². The first-order chi connectivity index (χ1) is 15.0. The normalized spacial score (nSPS) is 10.5. The van der Waals surface area contributed by atoms with Gasteiger partial charge in [-0.3, -0.25) is 9.36 Å². The first-order valence-corrected chi connectivity index (χ1v) is 9.43. The maximum absolute atomic E-state index is 12.8. The number of nitrogens with zero attached hydrogens (tertiary/aromatic N) is 2. The SMILES string of the molecule is Cc1c[nH]c(=O)n1-c1cccc(NC(=O)c2occc2COc2cccc(C#N)c2)c1. The first kappa shape index (κ1) is 19.8. The number of hydrogen-bond acceptors (Lipinski definition) is 5. The van der Waals surface area contributed by atoms with Crippen molar-refractivity contribution in [1.82, 2.24) is 9.55 Å². The zero-order chi connectivity index (χ0) is 21.8. The Kier molecular flexibility index (Phi) is 5.41. The minimum Gasteiger partial charge on any atom is -0.489 e. The molecule has 2 aromatic carbocycles. The van der Waals surface area contributed by atoms with Crippen molar-refractivity contribution in [3.05, 3.63) is 100 Å². The number of aromatic amines is 1. The van der Waals surface area contributed by atoms with Crippen LogP contribution in [0.5, 0.6) is 5.75 Å². The number of H-pyrrole nitrogens is 1. The fraction of sp³-hybridized carbons (Fsp3) is 0.0870. The highest BCUT2D eigenvalue weighted by Gasteiger charge is 2.17. The number of amides is 1. The topological polar surface area (TPSA) is 113 Å². The standard InChI is InChI=1S/C23H18N4O4/c1-15-13-25-23(29)27(15)19-6-3-5-18(11-19)26-22(28)21-17(8-9-30-21)14-31-20-7-2-4-16(10-20)12-24/h2-11,13H,14H2,1H3,(H,25,29)(H,26,28). The molecule has 31 heavy (non-hydrogen) atoms. The molecule has 0 unspecified atom stereocenters. The van der Waals surface area contributed by atoms with Gasteiger partial charge in [0.25, 0.3) is 5.91 Å². The second-order valence-electron chi connectivity index (χ2n) is 6.78. The van der Waals surface area contributed by atoms with E-state index in [2.05, 4.69) is 16.4 Å². The van der Waals surface area contributed by atoms with Gasteiger partial charge < -0.3 is 19.5 Å². The van der Waals surface area contributed by atoms with Gasteiger partial charge in [-0.15, -0.1) is 0 Å². The van der Waals surface area contributed by atoms with E-state index in [0.29, 0.717) is 28.3 Å². The Hall–Kier alpha value is -4.51. The van der Waals surface area contributed by atoms with Gasteiger partial charge in [0, 0.05) is 23.1 Å². The van der Waals surface area contributed by atoms with E-state index >= 15 is 0 Å². The zero-order valence-corrected chi connectivity index (χ0v) is 16.6. The van der Waals surface area contributed by atoms with Crippen LogP contribution in [0.3, 0.4) is 0 Å². The number of aryl methyl sites for hydroxylation is 1. The van der Waals surface area contributed by atoms with Crippen molar-refractivity contribution in [2.45, 2.75) is 13.5 Å². The third-order valence-electron chi connectivity index (χ3n) is 4.63. The summed E-state index contributed by atoms with van der Waals surface area (Å²) >= 11 is 0. The number of aromatic nitrogens is 2. The second-order valence-corrected chi connectivity index (χ2v) is 6.78. The quantitative estimate of drug-likeness (QED) is 0.499. The Morgan fingerprint density at radius 2 is 2.06 bits per heavy atom. The third kappa shape index (κ3) is 4.26. The number of rotatable bonds is 6. The number of imidazole rings is 1. The smallest absolute Gasteiger partial charge is 0.330 e. The van der Waals surface area contributed by atoms with E-state index in [1.165, 1.54) is 10.8 Å². The van der Waals surface area contributed by atoms with Gasteiger partial charge in [-0.25, -0.2) is 4.79 Å². The molecule has 8 nitrogen and oxygen atoms in total. The molecule has 2 N–H and O–H groups in total. The maximum Gasteiger partial charge on any atom is 0.330 e. The second kappa shape index (κ2) is 8.47. The van der Waals surface area contributed by atoms with Gasteiger partial charge in [-0.2, -0.15) is 5.26 Å². The molecule has 0 aliphatic carbocycles. The number of anilines is 1. The molecule has 0 saturated heterocycles. The summed E-state index contributed by atoms with van der Waals surface area (Å²) in [6.45, 7) is 1.91. The van der Waals surface area contributed by atoms with E-state index < -0.39 is 5.91 Å². The number of carbonyl (C=O) groups excluding carboxylic acids is 1. The zero-order valence-electron chi connectivity index (χ0n) is 16.6. The molecule has 2 aromatic heterocycles. The van der Waals surface area contributed by atoms with Crippen molar-refractivity contribution in [3.63, 3.8) is 0 Å². The van der Waals surface area contributed by atoms with Crippen LogP contribution in [0.4, 0.5) is 5.69 Å². The summed E-state index contributed by atoms with van der Waals surface area (Å²) in [7, 11) is 0.